The Bertz CT molecular complexity index is 866. The molecule has 1 atom stereocenters. The zero-order valence-electron chi connectivity index (χ0n) is 15.7. The van der Waals surface area contributed by atoms with Crippen molar-refractivity contribution < 1.29 is 19.0 Å². The summed E-state index contributed by atoms with van der Waals surface area (Å²) in [7, 11) is 1.63. The predicted molar refractivity (Wildman–Crippen MR) is 99.2 cm³/mol. The fourth-order valence-electron chi connectivity index (χ4n) is 4.11. The molecule has 2 aromatic rings. The van der Waals surface area contributed by atoms with Crippen molar-refractivity contribution in [3.8, 4) is 16.9 Å². The molecule has 0 aliphatic heterocycles. The summed E-state index contributed by atoms with van der Waals surface area (Å²) in [5.41, 5.74) is 4.63. The highest BCUT2D eigenvalue weighted by atomic mass is 19.1. The molecule has 1 unspecified atom stereocenters. The van der Waals surface area contributed by atoms with E-state index in [0.717, 1.165) is 33.6 Å². The van der Waals surface area contributed by atoms with Gasteiger partial charge in [-0.1, -0.05) is 13.8 Å². The lowest BCUT2D eigenvalue weighted by Crippen LogP contribution is -2.34. The zero-order valence-corrected chi connectivity index (χ0v) is 15.7. The molecule has 4 nitrogen and oxygen atoms in total. The molecule has 1 aliphatic carbocycles. The first-order valence-corrected chi connectivity index (χ1v) is 8.61. The lowest BCUT2D eigenvalue weighted by molar-refractivity contribution is 0.175. The number of aryl methyl sites for hydroxylation is 2. The molecular weight excluding hydrogens is 333 g/mol. The van der Waals surface area contributed by atoms with Crippen molar-refractivity contribution in [3.63, 3.8) is 0 Å². The van der Waals surface area contributed by atoms with Gasteiger partial charge in [0.25, 0.3) is 0 Å². The Balaban J connectivity index is 2.10. The van der Waals surface area contributed by atoms with Gasteiger partial charge in [-0.2, -0.15) is 0 Å². The van der Waals surface area contributed by atoms with E-state index in [1.807, 2.05) is 45.9 Å². The summed E-state index contributed by atoms with van der Waals surface area (Å²) in [4.78, 5) is 11.1. The number of rotatable bonds is 3. The Morgan fingerprint density at radius 3 is 2.38 bits per heavy atom. The third-order valence-corrected chi connectivity index (χ3v) is 5.21. The molecule has 3 rings (SSSR count). The molecule has 0 saturated carbocycles. The van der Waals surface area contributed by atoms with Crippen molar-refractivity contribution in [3.05, 3.63) is 52.3 Å². The van der Waals surface area contributed by atoms with Crippen molar-refractivity contribution in [1.29, 1.82) is 0 Å². The number of carboxylic acid groups (broad SMARTS) is 1. The molecule has 0 aromatic heterocycles. The number of hydrogen-bond acceptors (Lipinski definition) is 2. The summed E-state index contributed by atoms with van der Waals surface area (Å²) in [6.07, 6.45) is -0.406. The number of methoxy groups -OCH3 is 1. The summed E-state index contributed by atoms with van der Waals surface area (Å²) in [5, 5.41) is 11.7. The van der Waals surface area contributed by atoms with Crippen LogP contribution in [0, 0.1) is 25.1 Å². The second-order valence-electron chi connectivity index (χ2n) is 7.72. The van der Waals surface area contributed by atoms with E-state index in [-0.39, 0.29) is 11.2 Å². The van der Waals surface area contributed by atoms with Crippen LogP contribution < -0.4 is 10.1 Å². The van der Waals surface area contributed by atoms with Crippen LogP contribution in [0.1, 0.15) is 42.1 Å². The second kappa shape index (κ2) is 6.31. The number of fused-ring (bicyclic) bond motifs is 1. The molecule has 2 aromatic carbocycles. The van der Waals surface area contributed by atoms with Crippen LogP contribution in [0.5, 0.6) is 5.75 Å². The van der Waals surface area contributed by atoms with E-state index >= 15 is 0 Å². The number of halogens is 1. The fourth-order valence-corrected chi connectivity index (χ4v) is 4.11. The van der Waals surface area contributed by atoms with Crippen LogP contribution >= 0.6 is 0 Å². The average molecular weight is 357 g/mol. The quantitative estimate of drug-likeness (QED) is 0.812. The van der Waals surface area contributed by atoms with Gasteiger partial charge in [-0.05, 0) is 77.8 Å². The summed E-state index contributed by atoms with van der Waals surface area (Å²) >= 11 is 0. The van der Waals surface area contributed by atoms with Crippen molar-refractivity contribution >= 4 is 6.09 Å². The standard InChI is InChI=1S/C21H24FNO3/c1-11-6-13(7-12(2)18(11)26-5)15-8-14-10-21(3,4)19(23-20(24)25)16(14)9-17(15)22/h6-9,19,23H,10H2,1-5H3,(H,24,25). The van der Waals surface area contributed by atoms with E-state index in [9.17, 15) is 9.18 Å². The summed E-state index contributed by atoms with van der Waals surface area (Å²) < 4.78 is 20.3. The molecule has 138 valence electrons. The van der Waals surface area contributed by atoms with Gasteiger partial charge in [0.2, 0.25) is 0 Å². The maximum absolute atomic E-state index is 14.9. The summed E-state index contributed by atoms with van der Waals surface area (Å²) in [5.74, 6) is 0.463. The molecule has 0 saturated heterocycles. The molecule has 0 spiro atoms. The molecule has 0 bridgehead atoms. The van der Waals surface area contributed by atoms with Crippen molar-refractivity contribution in [2.75, 3.05) is 7.11 Å². The molecule has 1 aliphatic rings. The number of amides is 1. The second-order valence-corrected chi connectivity index (χ2v) is 7.72. The minimum Gasteiger partial charge on any atom is -0.496 e. The van der Waals surface area contributed by atoms with Gasteiger partial charge in [-0.15, -0.1) is 0 Å². The maximum Gasteiger partial charge on any atom is 0.405 e. The van der Waals surface area contributed by atoms with E-state index in [1.54, 1.807) is 7.11 Å². The predicted octanol–water partition coefficient (Wildman–Crippen LogP) is 5.01. The topological polar surface area (TPSA) is 58.6 Å². The molecule has 1 amide bonds. The van der Waals surface area contributed by atoms with Crippen LogP contribution in [0.15, 0.2) is 24.3 Å². The van der Waals surface area contributed by atoms with Crippen LogP contribution in [-0.2, 0) is 6.42 Å². The van der Waals surface area contributed by atoms with Crippen LogP contribution in [-0.4, -0.2) is 18.3 Å². The van der Waals surface area contributed by atoms with Crippen LogP contribution in [0.2, 0.25) is 0 Å². The molecule has 5 heteroatoms. The fraction of sp³-hybridized carbons (Fsp3) is 0.381. The Labute approximate surface area is 153 Å². The Kier molecular flexibility index (Phi) is 4.42. The molecule has 0 fully saturated rings. The van der Waals surface area contributed by atoms with Crippen molar-refractivity contribution in [2.24, 2.45) is 5.41 Å². The largest absolute Gasteiger partial charge is 0.496 e. The maximum atomic E-state index is 14.9. The SMILES string of the molecule is COc1c(C)cc(-c2cc3c(cc2F)C(NC(=O)O)C(C)(C)C3)cc1C. The number of hydrogen-bond donors (Lipinski definition) is 2. The third-order valence-electron chi connectivity index (χ3n) is 5.21. The molecule has 0 radical (unpaired) electrons. The van der Waals surface area contributed by atoms with E-state index in [0.29, 0.717) is 12.0 Å². The minimum atomic E-state index is -1.10. The molecule has 0 heterocycles. The number of nitrogens with one attached hydrogen (secondary N) is 1. The van der Waals surface area contributed by atoms with Gasteiger partial charge >= 0.3 is 6.09 Å². The van der Waals surface area contributed by atoms with Crippen LogP contribution in [0.4, 0.5) is 9.18 Å². The minimum absolute atomic E-state index is 0.308. The molecular formula is C21H24FNO3. The number of ether oxygens (including phenoxy) is 1. The van der Waals surface area contributed by atoms with Gasteiger partial charge in [0.15, 0.2) is 0 Å². The van der Waals surface area contributed by atoms with Gasteiger partial charge in [0, 0.05) is 5.56 Å². The Morgan fingerprint density at radius 2 is 1.85 bits per heavy atom. The van der Waals surface area contributed by atoms with Crippen LogP contribution in [0.25, 0.3) is 11.1 Å². The Hall–Kier alpha value is -2.56. The van der Waals surface area contributed by atoms with Crippen molar-refractivity contribution in [2.45, 2.75) is 40.2 Å². The first kappa shape index (κ1) is 18.2. The van der Waals surface area contributed by atoms with E-state index < -0.39 is 12.1 Å². The summed E-state index contributed by atoms with van der Waals surface area (Å²) in [6, 6.07) is 6.76. The highest BCUT2D eigenvalue weighted by molar-refractivity contribution is 5.71. The van der Waals surface area contributed by atoms with Gasteiger partial charge in [0.05, 0.1) is 13.2 Å². The van der Waals surface area contributed by atoms with Gasteiger partial charge < -0.3 is 15.2 Å². The zero-order chi connectivity index (χ0) is 19.2. The Morgan fingerprint density at radius 1 is 1.23 bits per heavy atom. The molecule has 26 heavy (non-hydrogen) atoms. The first-order chi connectivity index (χ1) is 12.1. The number of benzene rings is 2. The number of carbonyl (C=O) groups is 1. The average Bonchev–Trinajstić information content (AvgIpc) is 2.76. The van der Waals surface area contributed by atoms with Gasteiger partial charge in [-0.3, -0.25) is 0 Å². The smallest absolute Gasteiger partial charge is 0.405 e. The van der Waals surface area contributed by atoms with Gasteiger partial charge in [0.1, 0.15) is 11.6 Å². The third kappa shape index (κ3) is 3.02. The van der Waals surface area contributed by atoms with E-state index in [1.165, 1.54) is 6.07 Å². The monoisotopic (exact) mass is 357 g/mol. The summed E-state index contributed by atoms with van der Waals surface area (Å²) in [6.45, 7) is 7.87. The highest BCUT2D eigenvalue weighted by Crippen LogP contribution is 2.47. The normalized spacial score (nSPS) is 17.7. The highest BCUT2D eigenvalue weighted by Gasteiger charge is 2.40. The van der Waals surface area contributed by atoms with E-state index in [4.69, 9.17) is 9.84 Å². The first-order valence-electron chi connectivity index (χ1n) is 8.61. The van der Waals surface area contributed by atoms with Gasteiger partial charge in [-0.25, -0.2) is 9.18 Å². The van der Waals surface area contributed by atoms with Crippen molar-refractivity contribution in [1.82, 2.24) is 5.32 Å². The molecule has 2 N–H and O–H groups in total. The lowest BCUT2D eigenvalue weighted by atomic mass is 9.85. The lowest BCUT2D eigenvalue weighted by Gasteiger charge is -2.27. The van der Waals surface area contributed by atoms with Crippen LogP contribution in [0.3, 0.4) is 0 Å². The van der Waals surface area contributed by atoms with E-state index in [2.05, 4.69) is 5.32 Å².